The summed E-state index contributed by atoms with van der Waals surface area (Å²) in [5, 5.41) is 1.51. The third kappa shape index (κ3) is 1.71. The normalized spacial score (nSPS) is 10.3. The highest BCUT2D eigenvalue weighted by Crippen LogP contribution is 2.29. The molecule has 2 aromatic rings. The van der Waals surface area contributed by atoms with Crippen molar-refractivity contribution in [3.05, 3.63) is 34.6 Å². The van der Waals surface area contributed by atoms with Crippen molar-refractivity contribution < 1.29 is 0 Å². The molecular weight excluding hydrogens is 204 g/mol. The van der Waals surface area contributed by atoms with Crippen LogP contribution in [0.5, 0.6) is 0 Å². The molecule has 0 unspecified atom stereocenters. The Morgan fingerprint density at radius 3 is 2.85 bits per heavy atom. The summed E-state index contributed by atoms with van der Waals surface area (Å²) in [4.78, 5) is 9.29. The highest BCUT2D eigenvalue weighted by molar-refractivity contribution is 7.15. The topological polar surface area (TPSA) is 25.8 Å². The minimum absolute atomic E-state index is 0.587. The van der Waals surface area contributed by atoms with Crippen molar-refractivity contribution in [2.24, 2.45) is 0 Å². The second kappa shape index (κ2) is 3.44. The number of nitrogens with zero attached hydrogens (tertiary/aromatic N) is 2. The molecule has 0 saturated carbocycles. The summed E-state index contributed by atoms with van der Waals surface area (Å²) >= 11 is 7.44. The zero-order valence-electron chi connectivity index (χ0n) is 6.99. The Balaban J connectivity index is 2.48. The molecule has 0 aliphatic heterocycles. The first-order chi connectivity index (χ1) is 6.27. The molecule has 0 amide bonds. The fourth-order valence-corrected chi connectivity index (χ4v) is 2.04. The van der Waals surface area contributed by atoms with Gasteiger partial charge in [-0.05, 0) is 19.1 Å². The van der Waals surface area contributed by atoms with Crippen molar-refractivity contribution in [1.82, 2.24) is 9.97 Å². The molecular formula is C9H7ClN2S. The summed E-state index contributed by atoms with van der Waals surface area (Å²) in [5.41, 5.74) is 1.02. The summed E-state index contributed by atoms with van der Waals surface area (Å²) in [5.74, 6) is 0. The predicted octanol–water partition coefficient (Wildman–Crippen LogP) is 3.17. The van der Waals surface area contributed by atoms with E-state index in [1.165, 1.54) is 0 Å². The van der Waals surface area contributed by atoms with Crippen LogP contribution in [-0.2, 0) is 0 Å². The maximum Gasteiger partial charge on any atom is 0.143 e. The molecule has 2 aromatic heterocycles. The lowest BCUT2D eigenvalue weighted by Crippen LogP contribution is -1.76. The van der Waals surface area contributed by atoms with Gasteiger partial charge in [0.15, 0.2) is 0 Å². The number of hydrogen-bond donors (Lipinski definition) is 0. The molecule has 0 fully saturated rings. The van der Waals surface area contributed by atoms with Crippen LogP contribution in [0.3, 0.4) is 0 Å². The molecule has 0 saturated heterocycles. The third-order valence-electron chi connectivity index (χ3n) is 1.65. The zero-order valence-corrected chi connectivity index (χ0v) is 8.56. The largest absolute Gasteiger partial charge is 0.264 e. The van der Waals surface area contributed by atoms with Gasteiger partial charge in [0.05, 0.1) is 0 Å². The van der Waals surface area contributed by atoms with Crippen LogP contribution in [0, 0.1) is 6.92 Å². The quantitative estimate of drug-likeness (QED) is 0.723. The first-order valence-corrected chi connectivity index (χ1v) is 5.00. The van der Waals surface area contributed by atoms with Gasteiger partial charge >= 0.3 is 0 Å². The van der Waals surface area contributed by atoms with E-state index in [-0.39, 0.29) is 0 Å². The minimum Gasteiger partial charge on any atom is -0.264 e. The zero-order chi connectivity index (χ0) is 9.26. The van der Waals surface area contributed by atoms with E-state index in [9.17, 15) is 0 Å². The molecule has 0 radical (unpaired) electrons. The molecule has 2 heterocycles. The average molecular weight is 211 g/mol. The van der Waals surface area contributed by atoms with Gasteiger partial charge in [-0.15, -0.1) is 11.3 Å². The first-order valence-electron chi connectivity index (χ1n) is 3.80. The van der Waals surface area contributed by atoms with Gasteiger partial charge < -0.3 is 0 Å². The van der Waals surface area contributed by atoms with Crippen molar-refractivity contribution in [2.45, 2.75) is 6.92 Å². The molecule has 66 valence electrons. The number of rotatable bonds is 1. The van der Waals surface area contributed by atoms with Crippen molar-refractivity contribution in [1.29, 1.82) is 0 Å². The summed E-state index contributed by atoms with van der Waals surface area (Å²) in [6, 6.07) is 3.86. The maximum absolute atomic E-state index is 5.86. The van der Waals surface area contributed by atoms with E-state index in [1.54, 1.807) is 23.7 Å². The van der Waals surface area contributed by atoms with Gasteiger partial charge in [0.2, 0.25) is 0 Å². The molecule has 0 atom stereocenters. The highest BCUT2D eigenvalue weighted by Gasteiger charge is 2.06. The minimum atomic E-state index is 0.587. The van der Waals surface area contributed by atoms with Crippen LogP contribution in [-0.4, -0.2) is 9.97 Å². The Morgan fingerprint density at radius 2 is 2.31 bits per heavy atom. The molecule has 0 bridgehead atoms. The van der Waals surface area contributed by atoms with Crippen LogP contribution >= 0.6 is 22.9 Å². The Labute approximate surface area is 85.2 Å². The molecule has 0 aliphatic carbocycles. The Kier molecular flexibility index (Phi) is 2.29. The Hall–Kier alpha value is -0.930. The Bertz CT molecular complexity index is 391. The van der Waals surface area contributed by atoms with Gasteiger partial charge in [-0.25, -0.2) is 4.98 Å². The molecule has 2 rings (SSSR count). The summed E-state index contributed by atoms with van der Waals surface area (Å²) in [6.45, 7) is 1.96. The number of aromatic nitrogens is 2. The lowest BCUT2D eigenvalue weighted by molar-refractivity contribution is 1.31. The van der Waals surface area contributed by atoms with Gasteiger partial charge in [0.25, 0.3) is 0 Å². The fraction of sp³-hybridized carbons (Fsp3) is 0.111. The smallest absolute Gasteiger partial charge is 0.143 e. The molecule has 4 heteroatoms. The monoisotopic (exact) mass is 210 g/mol. The van der Waals surface area contributed by atoms with E-state index in [4.69, 9.17) is 11.6 Å². The van der Waals surface area contributed by atoms with E-state index in [0.29, 0.717) is 5.15 Å². The van der Waals surface area contributed by atoms with Crippen molar-refractivity contribution in [3.8, 4) is 10.6 Å². The van der Waals surface area contributed by atoms with E-state index < -0.39 is 0 Å². The lowest BCUT2D eigenvalue weighted by Gasteiger charge is -1.91. The van der Waals surface area contributed by atoms with E-state index in [2.05, 4.69) is 9.97 Å². The standard InChI is InChI=1S/C9H7ClN2S/c1-6-8(10)12-9(13-6)7-3-2-4-11-5-7/h2-5H,1H3. The van der Waals surface area contributed by atoms with Gasteiger partial charge in [0, 0.05) is 22.8 Å². The molecule has 2 nitrogen and oxygen atoms in total. The lowest BCUT2D eigenvalue weighted by atomic mass is 10.3. The fourth-order valence-electron chi connectivity index (χ4n) is 0.991. The van der Waals surface area contributed by atoms with Gasteiger partial charge in [-0.2, -0.15) is 0 Å². The van der Waals surface area contributed by atoms with Gasteiger partial charge in [-0.1, -0.05) is 11.6 Å². The van der Waals surface area contributed by atoms with Crippen LogP contribution in [0.15, 0.2) is 24.5 Å². The third-order valence-corrected chi connectivity index (χ3v) is 3.15. The number of thiazole rings is 1. The highest BCUT2D eigenvalue weighted by atomic mass is 35.5. The van der Waals surface area contributed by atoms with Gasteiger partial charge in [-0.3, -0.25) is 4.98 Å². The number of pyridine rings is 1. The van der Waals surface area contributed by atoms with Gasteiger partial charge in [0.1, 0.15) is 10.2 Å². The van der Waals surface area contributed by atoms with Crippen LogP contribution in [0.25, 0.3) is 10.6 Å². The number of halogens is 1. The van der Waals surface area contributed by atoms with Crippen molar-refractivity contribution in [3.63, 3.8) is 0 Å². The van der Waals surface area contributed by atoms with E-state index in [1.807, 2.05) is 19.1 Å². The molecule has 0 aliphatic rings. The van der Waals surface area contributed by atoms with Crippen molar-refractivity contribution in [2.75, 3.05) is 0 Å². The SMILES string of the molecule is Cc1sc(-c2cccnc2)nc1Cl. The second-order valence-corrected chi connectivity index (χ2v) is 4.17. The van der Waals surface area contributed by atoms with E-state index in [0.717, 1.165) is 15.4 Å². The number of hydrogen-bond acceptors (Lipinski definition) is 3. The van der Waals surface area contributed by atoms with Crippen molar-refractivity contribution >= 4 is 22.9 Å². The van der Waals surface area contributed by atoms with Crippen LogP contribution in [0.1, 0.15) is 4.88 Å². The molecule has 0 spiro atoms. The molecule has 0 N–H and O–H groups in total. The summed E-state index contributed by atoms with van der Waals surface area (Å²) in [7, 11) is 0. The molecule has 0 aromatic carbocycles. The Morgan fingerprint density at radius 1 is 1.46 bits per heavy atom. The predicted molar refractivity (Wildman–Crippen MR) is 55.1 cm³/mol. The average Bonchev–Trinajstić information content (AvgIpc) is 2.49. The summed E-state index contributed by atoms with van der Waals surface area (Å²) < 4.78 is 0. The summed E-state index contributed by atoms with van der Waals surface area (Å²) in [6.07, 6.45) is 3.53. The first kappa shape index (κ1) is 8.66. The van der Waals surface area contributed by atoms with Crippen LogP contribution < -0.4 is 0 Å². The maximum atomic E-state index is 5.86. The second-order valence-electron chi connectivity index (χ2n) is 2.61. The van der Waals surface area contributed by atoms with Crippen LogP contribution in [0.2, 0.25) is 5.15 Å². The van der Waals surface area contributed by atoms with E-state index >= 15 is 0 Å². The van der Waals surface area contributed by atoms with Crippen LogP contribution in [0.4, 0.5) is 0 Å². The molecule has 13 heavy (non-hydrogen) atoms. The number of aryl methyl sites for hydroxylation is 1.